The van der Waals surface area contributed by atoms with Gasteiger partial charge in [0.2, 0.25) is 0 Å². The smallest absolute Gasteiger partial charge is 0.349 e. The number of carboxylic acids is 1. The predicted octanol–water partition coefficient (Wildman–Crippen LogP) is 2.15. The zero-order valence-corrected chi connectivity index (χ0v) is 10.7. The first-order chi connectivity index (χ1) is 9.43. The van der Waals surface area contributed by atoms with Gasteiger partial charge in [-0.15, -0.1) is 0 Å². The van der Waals surface area contributed by atoms with Crippen LogP contribution >= 0.6 is 0 Å². The Hall–Kier alpha value is -1.98. The van der Waals surface area contributed by atoms with E-state index in [2.05, 4.69) is 5.32 Å². The maximum absolute atomic E-state index is 14.0. The van der Waals surface area contributed by atoms with Crippen LogP contribution in [0.3, 0.4) is 0 Å². The van der Waals surface area contributed by atoms with Crippen LogP contribution in [-0.2, 0) is 15.5 Å². The highest BCUT2D eigenvalue weighted by molar-refractivity contribution is 5.85. The van der Waals surface area contributed by atoms with Crippen molar-refractivity contribution in [2.45, 2.75) is 31.2 Å². The van der Waals surface area contributed by atoms with Gasteiger partial charge >= 0.3 is 11.9 Å². The van der Waals surface area contributed by atoms with Gasteiger partial charge in [0.15, 0.2) is 0 Å². The lowest BCUT2D eigenvalue weighted by molar-refractivity contribution is -0.149. The minimum absolute atomic E-state index is 0.400. The first-order valence-corrected chi connectivity index (χ1v) is 6.40. The molecule has 1 amide bonds. The highest BCUT2D eigenvalue weighted by Gasteiger charge is 2.44. The molecule has 2 rings (SSSR count). The van der Waals surface area contributed by atoms with E-state index in [-0.39, 0.29) is 0 Å². The quantitative estimate of drug-likeness (QED) is 0.889. The Kier molecular flexibility index (Phi) is 4.01. The predicted molar refractivity (Wildman–Crippen MR) is 67.2 cm³/mol. The summed E-state index contributed by atoms with van der Waals surface area (Å²) in [6.45, 7) is 0. The molecule has 0 heterocycles. The van der Waals surface area contributed by atoms with Crippen molar-refractivity contribution in [3.05, 3.63) is 35.9 Å². The van der Waals surface area contributed by atoms with Gasteiger partial charge in [-0.3, -0.25) is 9.59 Å². The Bertz CT molecular complexity index is 504. The second-order valence-corrected chi connectivity index (χ2v) is 4.90. The summed E-state index contributed by atoms with van der Waals surface area (Å²) in [5.41, 5.74) is -0.401. The largest absolute Gasteiger partial charge is 0.481 e. The van der Waals surface area contributed by atoms with E-state index >= 15 is 0 Å². The SMILES string of the molecule is O=C(O)[C@@H]1CCC[C@@H]1NC(=O)C(F)(F)c1ccccc1. The molecule has 0 aromatic heterocycles. The molecule has 108 valence electrons. The van der Waals surface area contributed by atoms with Gasteiger partial charge in [0.25, 0.3) is 5.91 Å². The van der Waals surface area contributed by atoms with Crippen molar-refractivity contribution < 1.29 is 23.5 Å². The van der Waals surface area contributed by atoms with E-state index < -0.39 is 35.3 Å². The van der Waals surface area contributed by atoms with Crippen molar-refractivity contribution in [2.24, 2.45) is 5.92 Å². The Labute approximate surface area is 114 Å². The molecule has 0 unspecified atom stereocenters. The standard InChI is InChI=1S/C14H15F2NO3/c15-14(16,9-5-2-1-3-6-9)13(20)17-11-8-4-7-10(11)12(18)19/h1-3,5-6,10-11H,4,7-8H2,(H,17,20)(H,18,19)/t10-,11+/m1/s1. The van der Waals surface area contributed by atoms with Gasteiger partial charge in [-0.1, -0.05) is 36.8 Å². The number of carbonyl (C=O) groups is 2. The van der Waals surface area contributed by atoms with Crippen LogP contribution in [0, 0.1) is 5.92 Å². The lowest BCUT2D eigenvalue weighted by Gasteiger charge is -2.22. The monoisotopic (exact) mass is 283 g/mol. The summed E-state index contributed by atoms with van der Waals surface area (Å²) in [5, 5.41) is 11.2. The fourth-order valence-corrected chi connectivity index (χ4v) is 2.47. The van der Waals surface area contributed by atoms with E-state index in [9.17, 15) is 18.4 Å². The Morgan fingerprint density at radius 1 is 1.20 bits per heavy atom. The molecule has 1 aliphatic carbocycles. The maximum Gasteiger partial charge on any atom is 0.349 e. The number of rotatable bonds is 4. The van der Waals surface area contributed by atoms with Crippen molar-refractivity contribution >= 4 is 11.9 Å². The molecule has 1 aliphatic rings. The molecule has 0 radical (unpaired) electrons. The van der Waals surface area contributed by atoms with Crippen LogP contribution in [-0.4, -0.2) is 23.0 Å². The topological polar surface area (TPSA) is 66.4 Å². The number of amides is 1. The van der Waals surface area contributed by atoms with Crippen molar-refractivity contribution in [1.82, 2.24) is 5.32 Å². The molecule has 1 aromatic carbocycles. The Morgan fingerprint density at radius 2 is 1.85 bits per heavy atom. The number of carboxylic acid groups (broad SMARTS) is 1. The normalized spacial score (nSPS) is 22.5. The van der Waals surface area contributed by atoms with Gasteiger partial charge in [-0.25, -0.2) is 0 Å². The summed E-state index contributed by atoms with van der Waals surface area (Å²) in [6, 6.07) is 6.04. The fourth-order valence-electron chi connectivity index (χ4n) is 2.47. The first kappa shape index (κ1) is 14.4. The van der Waals surface area contributed by atoms with Crippen molar-refractivity contribution in [2.75, 3.05) is 0 Å². The Balaban J connectivity index is 2.10. The third-order valence-corrected chi connectivity index (χ3v) is 3.57. The summed E-state index contributed by atoms with van der Waals surface area (Å²) in [6.07, 6.45) is 1.42. The molecular formula is C14H15F2NO3. The lowest BCUT2D eigenvalue weighted by Crippen LogP contribution is -2.46. The van der Waals surface area contributed by atoms with Gasteiger partial charge in [-0.2, -0.15) is 8.78 Å². The minimum atomic E-state index is -3.66. The molecule has 0 saturated heterocycles. The van der Waals surface area contributed by atoms with Crippen LogP contribution in [0.4, 0.5) is 8.78 Å². The number of nitrogens with one attached hydrogen (secondary N) is 1. The summed E-state index contributed by atoms with van der Waals surface area (Å²) in [4.78, 5) is 22.7. The average molecular weight is 283 g/mol. The van der Waals surface area contributed by atoms with E-state index in [4.69, 9.17) is 5.11 Å². The minimum Gasteiger partial charge on any atom is -0.481 e. The Morgan fingerprint density at radius 3 is 2.45 bits per heavy atom. The molecule has 2 N–H and O–H groups in total. The van der Waals surface area contributed by atoms with Crippen molar-refractivity contribution in [1.29, 1.82) is 0 Å². The molecule has 20 heavy (non-hydrogen) atoms. The molecule has 4 nitrogen and oxygen atoms in total. The van der Waals surface area contributed by atoms with Crippen LogP contribution in [0.2, 0.25) is 0 Å². The zero-order valence-electron chi connectivity index (χ0n) is 10.7. The van der Waals surface area contributed by atoms with Gasteiger partial charge in [0, 0.05) is 11.6 Å². The summed E-state index contributed by atoms with van der Waals surface area (Å²) >= 11 is 0. The van der Waals surface area contributed by atoms with Crippen LogP contribution in [0.1, 0.15) is 24.8 Å². The van der Waals surface area contributed by atoms with E-state index in [0.29, 0.717) is 19.3 Å². The first-order valence-electron chi connectivity index (χ1n) is 6.40. The van der Waals surface area contributed by atoms with Crippen molar-refractivity contribution in [3.63, 3.8) is 0 Å². The zero-order chi connectivity index (χ0) is 14.8. The number of benzene rings is 1. The summed E-state index contributed by atoms with van der Waals surface area (Å²) in [5.74, 6) is -6.95. The summed E-state index contributed by atoms with van der Waals surface area (Å²) < 4.78 is 27.9. The molecule has 0 spiro atoms. The van der Waals surface area contributed by atoms with Crippen LogP contribution in [0.5, 0.6) is 0 Å². The van der Waals surface area contributed by atoms with Gasteiger partial charge in [-0.05, 0) is 12.8 Å². The fraction of sp³-hybridized carbons (Fsp3) is 0.429. The summed E-state index contributed by atoms with van der Waals surface area (Å²) in [7, 11) is 0. The molecule has 2 atom stereocenters. The number of hydrogen-bond acceptors (Lipinski definition) is 2. The molecule has 6 heteroatoms. The number of halogens is 2. The van der Waals surface area contributed by atoms with Crippen LogP contribution in [0.15, 0.2) is 30.3 Å². The molecule has 1 fully saturated rings. The molecular weight excluding hydrogens is 268 g/mol. The lowest BCUT2D eigenvalue weighted by atomic mass is 10.0. The third kappa shape index (κ3) is 2.79. The highest BCUT2D eigenvalue weighted by Crippen LogP contribution is 2.31. The second-order valence-electron chi connectivity index (χ2n) is 4.90. The van der Waals surface area contributed by atoms with Crippen LogP contribution in [0.25, 0.3) is 0 Å². The van der Waals surface area contributed by atoms with Gasteiger partial charge in [0.1, 0.15) is 0 Å². The third-order valence-electron chi connectivity index (χ3n) is 3.57. The van der Waals surface area contributed by atoms with Crippen LogP contribution < -0.4 is 5.32 Å². The highest BCUT2D eigenvalue weighted by atomic mass is 19.3. The average Bonchev–Trinajstić information content (AvgIpc) is 2.88. The van der Waals surface area contributed by atoms with E-state index in [1.54, 1.807) is 6.07 Å². The molecule has 1 saturated carbocycles. The number of aliphatic carboxylic acids is 1. The number of hydrogen-bond donors (Lipinski definition) is 2. The van der Waals surface area contributed by atoms with Crippen molar-refractivity contribution in [3.8, 4) is 0 Å². The second kappa shape index (κ2) is 5.56. The molecule has 1 aromatic rings. The number of carbonyl (C=O) groups excluding carboxylic acids is 1. The molecule has 0 aliphatic heterocycles. The number of alkyl halides is 2. The van der Waals surface area contributed by atoms with E-state index in [0.717, 1.165) is 0 Å². The maximum atomic E-state index is 14.0. The van der Waals surface area contributed by atoms with Gasteiger partial charge in [0.05, 0.1) is 5.92 Å². The van der Waals surface area contributed by atoms with E-state index in [1.807, 2.05) is 0 Å². The van der Waals surface area contributed by atoms with Gasteiger partial charge < -0.3 is 10.4 Å². The van der Waals surface area contributed by atoms with E-state index in [1.165, 1.54) is 24.3 Å². The molecule has 0 bridgehead atoms.